The zero-order valence-corrected chi connectivity index (χ0v) is 11.0. The van der Waals surface area contributed by atoms with Crippen molar-refractivity contribution in [1.29, 1.82) is 0 Å². The van der Waals surface area contributed by atoms with Gasteiger partial charge in [0.05, 0.1) is 6.10 Å². The average Bonchev–Trinajstić information content (AvgIpc) is 2.37. The maximum absolute atomic E-state index is 10.1. The molecular formula is C16H22O. The molecule has 1 atom stereocenters. The van der Waals surface area contributed by atoms with Gasteiger partial charge in [0.25, 0.3) is 0 Å². The molecule has 0 radical (unpaired) electrons. The van der Waals surface area contributed by atoms with Gasteiger partial charge in [-0.15, -0.1) is 5.73 Å². The summed E-state index contributed by atoms with van der Waals surface area (Å²) in [7, 11) is 0. The molecule has 0 bridgehead atoms. The maximum Gasteiger partial charge on any atom is 0.0833 e. The van der Waals surface area contributed by atoms with Gasteiger partial charge in [-0.2, -0.15) is 0 Å². The Bertz CT molecular complexity index is 391. The molecule has 0 aliphatic rings. The molecule has 0 aliphatic heterocycles. The zero-order valence-electron chi connectivity index (χ0n) is 11.0. The smallest absolute Gasteiger partial charge is 0.0833 e. The molecule has 0 aliphatic carbocycles. The molecule has 0 saturated heterocycles. The highest BCUT2D eigenvalue weighted by atomic mass is 16.3. The number of hydrogen-bond donors (Lipinski definition) is 1. The average molecular weight is 230 g/mol. The van der Waals surface area contributed by atoms with Crippen LogP contribution in [0.4, 0.5) is 0 Å². The third-order valence-corrected chi connectivity index (χ3v) is 2.93. The minimum atomic E-state index is -0.418. The van der Waals surface area contributed by atoms with Gasteiger partial charge in [-0.3, -0.25) is 0 Å². The van der Waals surface area contributed by atoms with Crippen LogP contribution >= 0.6 is 0 Å². The molecule has 0 fully saturated rings. The molecule has 0 spiro atoms. The van der Waals surface area contributed by atoms with E-state index in [1.54, 1.807) is 0 Å². The molecule has 1 nitrogen and oxygen atoms in total. The first-order valence-electron chi connectivity index (χ1n) is 6.34. The number of aliphatic hydroxyl groups is 1. The van der Waals surface area contributed by atoms with Crippen molar-refractivity contribution in [1.82, 2.24) is 0 Å². The van der Waals surface area contributed by atoms with E-state index in [9.17, 15) is 5.11 Å². The summed E-state index contributed by atoms with van der Waals surface area (Å²) in [4.78, 5) is 0. The van der Waals surface area contributed by atoms with Gasteiger partial charge in [-0.1, -0.05) is 44.2 Å². The third-order valence-electron chi connectivity index (χ3n) is 2.93. The van der Waals surface area contributed by atoms with E-state index in [1.807, 2.05) is 37.3 Å². The van der Waals surface area contributed by atoms with Crippen molar-refractivity contribution < 1.29 is 5.11 Å². The van der Waals surface area contributed by atoms with E-state index in [0.717, 1.165) is 24.0 Å². The lowest BCUT2D eigenvalue weighted by molar-refractivity contribution is 0.178. The summed E-state index contributed by atoms with van der Waals surface area (Å²) in [6.45, 7) is 6.33. The molecule has 92 valence electrons. The quantitative estimate of drug-likeness (QED) is 0.743. The van der Waals surface area contributed by atoms with Gasteiger partial charge in [0.2, 0.25) is 0 Å². The molecule has 0 amide bonds. The van der Waals surface area contributed by atoms with Crippen LogP contribution in [0.3, 0.4) is 0 Å². The predicted octanol–water partition coefficient (Wildman–Crippen LogP) is 4.40. The zero-order chi connectivity index (χ0) is 12.7. The number of aliphatic hydroxyl groups excluding tert-OH is 1. The second-order valence-electron chi connectivity index (χ2n) is 4.35. The van der Waals surface area contributed by atoms with E-state index in [2.05, 4.69) is 19.6 Å². The molecular weight excluding hydrogens is 208 g/mol. The summed E-state index contributed by atoms with van der Waals surface area (Å²) in [6.07, 6.45) is 2.32. The Kier molecular flexibility index (Phi) is 5.76. The fourth-order valence-corrected chi connectivity index (χ4v) is 1.86. The van der Waals surface area contributed by atoms with Crippen molar-refractivity contribution in [2.75, 3.05) is 0 Å². The van der Waals surface area contributed by atoms with E-state index in [4.69, 9.17) is 0 Å². The normalized spacial score (nSPS) is 11.8. The number of hydrogen-bond acceptors (Lipinski definition) is 1. The molecule has 1 aromatic rings. The molecule has 1 rings (SSSR count). The Labute approximate surface area is 104 Å². The van der Waals surface area contributed by atoms with Crippen molar-refractivity contribution in [3.63, 3.8) is 0 Å². The van der Waals surface area contributed by atoms with Crippen LogP contribution in [0, 0.1) is 0 Å². The molecule has 1 unspecified atom stereocenters. The molecule has 1 aromatic carbocycles. The summed E-state index contributed by atoms with van der Waals surface area (Å²) in [5.41, 5.74) is 6.81. The van der Waals surface area contributed by atoms with Crippen molar-refractivity contribution >= 4 is 0 Å². The predicted molar refractivity (Wildman–Crippen MR) is 72.8 cm³/mol. The third kappa shape index (κ3) is 4.60. The summed E-state index contributed by atoms with van der Waals surface area (Å²) in [5, 5.41) is 10.1. The summed E-state index contributed by atoms with van der Waals surface area (Å²) < 4.78 is 0. The van der Waals surface area contributed by atoms with Crippen molar-refractivity contribution in [2.45, 2.75) is 46.1 Å². The molecule has 17 heavy (non-hydrogen) atoms. The van der Waals surface area contributed by atoms with E-state index in [0.29, 0.717) is 6.42 Å². The summed E-state index contributed by atoms with van der Waals surface area (Å²) in [6, 6.07) is 9.80. The largest absolute Gasteiger partial charge is 0.388 e. The Balaban J connectivity index is 2.76. The highest BCUT2D eigenvalue weighted by Gasteiger charge is 2.07. The Morgan fingerprint density at radius 2 is 1.76 bits per heavy atom. The van der Waals surface area contributed by atoms with E-state index in [-0.39, 0.29) is 0 Å². The molecule has 0 saturated carbocycles. The van der Waals surface area contributed by atoms with Crippen LogP contribution in [0.5, 0.6) is 0 Å². The highest BCUT2D eigenvalue weighted by Crippen LogP contribution is 2.20. The van der Waals surface area contributed by atoms with Crippen LogP contribution in [0.25, 0.3) is 0 Å². The minimum absolute atomic E-state index is 0.418. The lowest BCUT2D eigenvalue weighted by Gasteiger charge is -2.10. The first-order chi connectivity index (χ1) is 8.17. The van der Waals surface area contributed by atoms with E-state index in [1.165, 1.54) is 5.57 Å². The van der Waals surface area contributed by atoms with Crippen molar-refractivity contribution in [2.24, 2.45) is 0 Å². The summed E-state index contributed by atoms with van der Waals surface area (Å²) in [5.74, 6) is 0. The lowest BCUT2D eigenvalue weighted by Crippen LogP contribution is -1.97. The summed E-state index contributed by atoms with van der Waals surface area (Å²) >= 11 is 0. The Morgan fingerprint density at radius 1 is 1.18 bits per heavy atom. The SMILES string of the molecule is CCC(=C=C(C)CC(O)c1ccccc1)CC. The minimum Gasteiger partial charge on any atom is -0.388 e. The van der Waals surface area contributed by atoms with Gasteiger partial charge in [-0.05, 0) is 36.5 Å². The molecule has 1 N–H and O–H groups in total. The molecule has 1 heteroatoms. The number of rotatable bonds is 5. The van der Waals surface area contributed by atoms with Crippen LogP contribution in [0.15, 0.2) is 47.2 Å². The van der Waals surface area contributed by atoms with Crippen LogP contribution in [-0.2, 0) is 0 Å². The number of benzene rings is 1. The van der Waals surface area contributed by atoms with Crippen molar-refractivity contribution in [3.05, 3.63) is 52.8 Å². The maximum atomic E-state index is 10.1. The first-order valence-corrected chi connectivity index (χ1v) is 6.34. The lowest BCUT2D eigenvalue weighted by atomic mass is 10.0. The standard InChI is InChI=1S/C16H22O/c1-4-14(5-2)11-13(3)12-16(17)15-9-7-6-8-10-15/h6-10,16-17H,4-5,12H2,1-3H3. The van der Waals surface area contributed by atoms with Gasteiger partial charge >= 0.3 is 0 Å². The highest BCUT2D eigenvalue weighted by molar-refractivity contribution is 5.19. The molecule has 0 aromatic heterocycles. The second kappa shape index (κ2) is 7.11. The monoisotopic (exact) mass is 230 g/mol. The Morgan fingerprint density at radius 3 is 2.29 bits per heavy atom. The van der Waals surface area contributed by atoms with Gasteiger partial charge in [0.1, 0.15) is 0 Å². The van der Waals surface area contributed by atoms with Gasteiger partial charge in [0.15, 0.2) is 0 Å². The van der Waals surface area contributed by atoms with Crippen LogP contribution in [-0.4, -0.2) is 5.11 Å². The fraction of sp³-hybridized carbons (Fsp3) is 0.438. The van der Waals surface area contributed by atoms with Gasteiger partial charge < -0.3 is 5.11 Å². The van der Waals surface area contributed by atoms with Crippen LogP contribution in [0.2, 0.25) is 0 Å². The van der Waals surface area contributed by atoms with E-state index >= 15 is 0 Å². The van der Waals surface area contributed by atoms with Gasteiger partial charge in [0, 0.05) is 6.42 Å². The first kappa shape index (κ1) is 13.8. The van der Waals surface area contributed by atoms with Crippen LogP contribution < -0.4 is 0 Å². The second-order valence-corrected chi connectivity index (χ2v) is 4.35. The Hall–Kier alpha value is -1.30. The van der Waals surface area contributed by atoms with Crippen molar-refractivity contribution in [3.8, 4) is 0 Å². The topological polar surface area (TPSA) is 20.2 Å². The fourth-order valence-electron chi connectivity index (χ4n) is 1.86. The van der Waals surface area contributed by atoms with E-state index < -0.39 is 6.10 Å². The van der Waals surface area contributed by atoms with Crippen LogP contribution in [0.1, 0.15) is 51.7 Å². The van der Waals surface area contributed by atoms with Gasteiger partial charge in [-0.25, -0.2) is 0 Å². The molecule has 0 heterocycles.